The minimum absolute atomic E-state index is 0.105. The molecule has 1 fully saturated rings. The Kier molecular flexibility index (Phi) is 4.58. The molecule has 2 aromatic carbocycles. The Balaban J connectivity index is 1.43. The van der Waals surface area contributed by atoms with Gasteiger partial charge in [-0.1, -0.05) is 42.1 Å². The van der Waals surface area contributed by atoms with Crippen LogP contribution in [0.15, 0.2) is 52.1 Å². The van der Waals surface area contributed by atoms with E-state index in [9.17, 15) is 10.1 Å². The number of thioether (sulfide) groups is 1. The van der Waals surface area contributed by atoms with Gasteiger partial charge in [-0.25, -0.2) is 0 Å². The second-order valence-electron chi connectivity index (χ2n) is 6.67. The van der Waals surface area contributed by atoms with Crippen molar-refractivity contribution in [2.75, 3.05) is 12.8 Å². The van der Waals surface area contributed by atoms with Crippen molar-refractivity contribution >= 4 is 28.4 Å². The van der Waals surface area contributed by atoms with E-state index in [1.807, 2.05) is 42.5 Å². The monoisotopic (exact) mass is 378 g/mol. The molecule has 1 heterocycles. The summed E-state index contributed by atoms with van der Waals surface area (Å²) < 4.78 is 5.71. The van der Waals surface area contributed by atoms with Gasteiger partial charge in [-0.05, 0) is 42.2 Å². The lowest BCUT2D eigenvalue weighted by atomic mass is 9.77. The number of nitriles is 1. The van der Waals surface area contributed by atoms with E-state index in [-0.39, 0.29) is 11.7 Å². The molecular weight excluding hydrogens is 360 g/mol. The van der Waals surface area contributed by atoms with Crippen LogP contribution in [0.4, 0.5) is 0 Å². The number of fused-ring (bicyclic) bond motifs is 1. The fourth-order valence-corrected chi connectivity index (χ4v) is 3.88. The van der Waals surface area contributed by atoms with Crippen molar-refractivity contribution in [3.05, 3.63) is 42.5 Å². The highest BCUT2D eigenvalue weighted by Gasteiger charge is 2.43. The van der Waals surface area contributed by atoms with Crippen LogP contribution in [0.1, 0.15) is 19.3 Å². The Hall–Kier alpha value is -2.85. The zero-order chi connectivity index (χ0) is 18.9. The molecule has 0 radical (unpaired) electrons. The topological polar surface area (TPSA) is 83.0 Å². The van der Waals surface area contributed by atoms with Crippen molar-refractivity contribution in [3.8, 4) is 17.5 Å². The SMILES string of the molecule is CN(C(=O)CSc1nnc(-c2ccc3ccccc3c2)o1)C1(C#N)CCC1. The van der Waals surface area contributed by atoms with Gasteiger partial charge in [-0.15, -0.1) is 10.2 Å². The molecule has 0 spiro atoms. The Morgan fingerprint density at radius 3 is 2.74 bits per heavy atom. The number of carbonyl (C=O) groups excluding carboxylic acids is 1. The quantitative estimate of drug-likeness (QED) is 0.627. The van der Waals surface area contributed by atoms with Crippen LogP contribution in [0.2, 0.25) is 0 Å². The summed E-state index contributed by atoms with van der Waals surface area (Å²) in [6.45, 7) is 0. The fraction of sp³-hybridized carbons (Fsp3) is 0.300. The number of hydrogen-bond donors (Lipinski definition) is 0. The van der Waals surface area contributed by atoms with E-state index in [1.165, 1.54) is 11.8 Å². The van der Waals surface area contributed by atoms with Gasteiger partial charge in [-0.3, -0.25) is 4.79 Å². The predicted octanol–water partition coefficient (Wildman–Crippen LogP) is 3.89. The molecule has 1 aromatic heterocycles. The Morgan fingerprint density at radius 1 is 1.26 bits per heavy atom. The van der Waals surface area contributed by atoms with E-state index in [0.29, 0.717) is 11.1 Å². The second-order valence-corrected chi connectivity index (χ2v) is 7.60. The van der Waals surface area contributed by atoms with Gasteiger partial charge < -0.3 is 9.32 Å². The fourth-order valence-electron chi connectivity index (χ4n) is 3.20. The summed E-state index contributed by atoms with van der Waals surface area (Å²) in [4.78, 5) is 14.0. The second kappa shape index (κ2) is 7.05. The van der Waals surface area contributed by atoms with Crippen LogP contribution in [0, 0.1) is 11.3 Å². The highest BCUT2D eigenvalue weighted by molar-refractivity contribution is 7.99. The first-order valence-electron chi connectivity index (χ1n) is 8.75. The van der Waals surface area contributed by atoms with Crippen LogP contribution in [0.25, 0.3) is 22.2 Å². The largest absolute Gasteiger partial charge is 0.411 e. The lowest BCUT2D eigenvalue weighted by Crippen LogP contribution is -2.53. The van der Waals surface area contributed by atoms with Crippen molar-refractivity contribution in [2.45, 2.75) is 30.0 Å². The summed E-state index contributed by atoms with van der Waals surface area (Å²) in [5.74, 6) is 0.488. The summed E-state index contributed by atoms with van der Waals surface area (Å²) in [5, 5.41) is 20.1. The molecule has 1 amide bonds. The standard InChI is InChI=1S/C20H18N4O2S/c1-24(20(13-21)9-4-10-20)17(25)12-27-19-23-22-18(26-19)16-8-7-14-5-2-3-6-15(14)11-16/h2-3,5-8,11H,4,9-10,12H2,1H3. The zero-order valence-corrected chi connectivity index (χ0v) is 15.7. The first-order chi connectivity index (χ1) is 13.1. The van der Waals surface area contributed by atoms with Crippen LogP contribution in [0.3, 0.4) is 0 Å². The van der Waals surface area contributed by atoms with E-state index in [2.05, 4.69) is 16.3 Å². The molecule has 3 aromatic rings. The summed E-state index contributed by atoms with van der Waals surface area (Å²) in [5.41, 5.74) is 0.206. The maximum Gasteiger partial charge on any atom is 0.277 e. The van der Waals surface area contributed by atoms with Gasteiger partial charge in [0.1, 0.15) is 5.54 Å². The van der Waals surface area contributed by atoms with Crippen LogP contribution in [-0.2, 0) is 4.79 Å². The molecule has 7 heteroatoms. The molecule has 1 aliphatic rings. The Labute approximate surface area is 161 Å². The van der Waals surface area contributed by atoms with Crippen molar-refractivity contribution in [1.82, 2.24) is 15.1 Å². The van der Waals surface area contributed by atoms with Crippen LogP contribution >= 0.6 is 11.8 Å². The lowest BCUT2D eigenvalue weighted by Gasteiger charge is -2.42. The molecule has 0 bridgehead atoms. The number of carbonyl (C=O) groups is 1. The highest BCUT2D eigenvalue weighted by atomic mass is 32.2. The molecule has 0 saturated heterocycles. The number of hydrogen-bond acceptors (Lipinski definition) is 6. The summed E-state index contributed by atoms with van der Waals surface area (Å²) in [6.07, 6.45) is 2.46. The molecule has 27 heavy (non-hydrogen) atoms. The molecule has 1 saturated carbocycles. The average Bonchev–Trinajstić information content (AvgIpc) is 3.14. The Bertz CT molecular complexity index is 1040. The number of nitrogens with zero attached hydrogens (tertiary/aromatic N) is 4. The van der Waals surface area contributed by atoms with E-state index in [4.69, 9.17) is 4.42 Å². The highest BCUT2D eigenvalue weighted by Crippen LogP contribution is 2.36. The van der Waals surface area contributed by atoms with Crippen LogP contribution in [-0.4, -0.2) is 39.3 Å². The normalized spacial score (nSPS) is 15.1. The molecule has 6 nitrogen and oxygen atoms in total. The van der Waals surface area contributed by atoms with E-state index < -0.39 is 5.54 Å². The third-order valence-electron chi connectivity index (χ3n) is 5.13. The summed E-state index contributed by atoms with van der Waals surface area (Å²) >= 11 is 1.20. The van der Waals surface area contributed by atoms with Crippen LogP contribution in [0.5, 0.6) is 0 Å². The van der Waals surface area contributed by atoms with E-state index >= 15 is 0 Å². The van der Waals surface area contributed by atoms with E-state index in [1.54, 1.807) is 11.9 Å². The molecule has 1 aliphatic carbocycles. The van der Waals surface area contributed by atoms with Gasteiger partial charge in [0.2, 0.25) is 11.8 Å². The molecule has 4 rings (SSSR count). The molecule has 0 atom stereocenters. The number of amides is 1. The van der Waals surface area contributed by atoms with E-state index in [0.717, 1.165) is 35.6 Å². The van der Waals surface area contributed by atoms with Crippen molar-refractivity contribution in [2.24, 2.45) is 0 Å². The first-order valence-corrected chi connectivity index (χ1v) is 9.73. The third-order valence-corrected chi connectivity index (χ3v) is 5.93. The molecule has 136 valence electrons. The third kappa shape index (κ3) is 3.28. The maximum absolute atomic E-state index is 12.4. The number of rotatable bonds is 5. The number of benzene rings is 2. The maximum atomic E-state index is 12.4. The predicted molar refractivity (Wildman–Crippen MR) is 103 cm³/mol. The summed E-state index contributed by atoms with van der Waals surface area (Å²) in [6, 6.07) is 16.3. The lowest BCUT2D eigenvalue weighted by molar-refractivity contribution is -0.133. The van der Waals surface area contributed by atoms with Gasteiger partial charge >= 0.3 is 0 Å². The van der Waals surface area contributed by atoms with Gasteiger partial charge in [0.25, 0.3) is 5.22 Å². The zero-order valence-electron chi connectivity index (χ0n) is 14.9. The molecule has 0 N–H and O–H groups in total. The van der Waals surface area contributed by atoms with Gasteiger partial charge in [0.15, 0.2) is 0 Å². The molecule has 0 unspecified atom stereocenters. The Morgan fingerprint density at radius 2 is 2.04 bits per heavy atom. The van der Waals surface area contributed by atoms with Crippen molar-refractivity contribution in [3.63, 3.8) is 0 Å². The molecule has 0 aliphatic heterocycles. The van der Waals surface area contributed by atoms with Gasteiger partial charge in [0, 0.05) is 12.6 Å². The average molecular weight is 378 g/mol. The van der Waals surface area contributed by atoms with Gasteiger partial charge in [0.05, 0.1) is 11.8 Å². The number of aromatic nitrogens is 2. The minimum atomic E-state index is -0.636. The van der Waals surface area contributed by atoms with Gasteiger partial charge in [-0.2, -0.15) is 5.26 Å². The van der Waals surface area contributed by atoms with Crippen LogP contribution < -0.4 is 0 Å². The minimum Gasteiger partial charge on any atom is -0.411 e. The first kappa shape index (κ1) is 17.6. The van der Waals surface area contributed by atoms with Crippen molar-refractivity contribution < 1.29 is 9.21 Å². The summed E-state index contributed by atoms with van der Waals surface area (Å²) in [7, 11) is 1.69. The molecular formula is C20H18N4O2S. The van der Waals surface area contributed by atoms with Crippen molar-refractivity contribution in [1.29, 1.82) is 5.26 Å². The smallest absolute Gasteiger partial charge is 0.277 e.